The van der Waals surface area contributed by atoms with E-state index >= 15 is 0 Å². The molecule has 1 unspecified atom stereocenters. The molecule has 16 heavy (non-hydrogen) atoms. The fourth-order valence-electron chi connectivity index (χ4n) is 1.37. The van der Waals surface area contributed by atoms with Crippen molar-refractivity contribution in [3.63, 3.8) is 0 Å². The zero-order chi connectivity index (χ0) is 12.2. The summed E-state index contributed by atoms with van der Waals surface area (Å²) < 4.78 is 38.2. The fourth-order valence-corrected chi connectivity index (χ4v) is 1.49. The molecule has 5 heteroatoms. The Bertz CT molecular complexity index is 321. The van der Waals surface area contributed by atoms with Crippen LogP contribution >= 0.6 is 11.6 Å². The molecule has 90 valence electrons. The van der Waals surface area contributed by atoms with Gasteiger partial charge in [0.05, 0.1) is 0 Å². The smallest absolute Gasteiger partial charge is 0.302 e. The van der Waals surface area contributed by atoms with Crippen molar-refractivity contribution < 1.29 is 13.2 Å². The molecule has 1 aromatic carbocycles. The van der Waals surface area contributed by atoms with Crippen LogP contribution in [0.4, 0.5) is 13.2 Å². The van der Waals surface area contributed by atoms with Crippen molar-refractivity contribution in [1.29, 1.82) is 0 Å². The van der Waals surface area contributed by atoms with Gasteiger partial charge in [0.15, 0.2) is 0 Å². The minimum atomic E-state index is -4.29. The van der Waals surface area contributed by atoms with Crippen LogP contribution in [0.5, 0.6) is 0 Å². The molecule has 0 radical (unpaired) electrons. The van der Waals surface area contributed by atoms with Crippen LogP contribution in [0, 0.1) is 0 Å². The standard InChI is InChI=1S/C11H13ClF3N/c1-2-7-16-10(11(13,14)15)8-3-5-9(12)6-4-8/h3-6,10,16H,2,7H2,1H3. The molecule has 1 rings (SSSR count). The Morgan fingerprint density at radius 2 is 1.81 bits per heavy atom. The molecule has 0 aliphatic rings. The summed E-state index contributed by atoms with van der Waals surface area (Å²) in [5.74, 6) is 0. The summed E-state index contributed by atoms with van der Waals surface area (Å²) in [7, 11) is 0. The molecule has 0 fully saturated rings. The molecule has 0 heterocycles. The lowest BCUT2D eigenvalue weighted by Crippen LogP contribution is -2.34. The van der Waals surface area contributed by atoms with E-state index < -0.39 is 12.2 Å². The number of halogens is 4. The van der Waals surface area contributed by atoms with E-state index in [2.05, 4.69) is 5.32 Å². The lowest BCUT2D eigenvalue weighted by molar-refractivity contribution is -0.157. The molecule has 1 nitrogen and oxygen atoms in total. The molecular weight excluding hydrogens is 239 g/mol. The van der Waals surface area contributed by atoms with Gasteiger partial charge in [0, 0.05) is 5.02 Å². The van der Waals surface area contributed by atoms with Gasteiger partial charge in [0.2, 0.25) is 0 Å². The lowest BCUT2D eigenvalue weighted by atomic mass is 10.1. The van der Waals surface area contributed by atoms with Gasteiger partial charge in [-0.1, -0.05) is 30.7 Å². The predicted molar refractivity (Wildman–Crippen MR) is 58.5 cm³/mol. The molecule has 0 amide bonds. The molecule has 0 bridgehead atoms. The molecule has 0 aliphatic carbocycles. The van der Waals surface area contributed by atoms with E-state index in [4.69, 9.17) is 11.6 Å². The maximum absolute atomic E-state index is 12.7. The normalized spacial score (nSPS) is 13.8. The maximum atomic E-state index is 12.7. The van der Waals surface area contributed by atoms with Crippen LogP contribution in [-0.4, -0.2) is 12.7 Å². The third-order valence-corrected chi connectivity index (χ3v) is 2.38. The highest BCUT2D eigenvalue weighted by Gasteiger charge is 2.40. The molecule has 1 aromatic rings. The van der Waals surface area contributed by atoms with Gasteiger partial charge in [-0.3, -0.25) is 0 Å². The average Bonchev–Trinajstić information content (AvgIpc) is 2.19. The number of rotatable bonds is 4. The van der Waals surface area contributed by atoms with Gasteiger partial charge in [0.1, 0.15) is 6.04 Å². The van der Waals surface area contributed by atoms with Crippen molar-refractivity contribution >= 4 is 11.6 Å². The number of hydrogen-bond acceptors (Lipinski definition) is 1. The summed E-state index contributed by atoms with van der Waals surface area (Å²) >= 11 is 5.63. The molecule has 0 aromatic heterocycles. The van der Waals surface area contributed by atoms with Gasteiger partial charge in [0.25, 0.3) is 0 Å². The van der Waals surface area contributed by atoms with Crippen LogP contribution in [-0.2, 0) is 0 Å². The molecule has 0 saturated carbocycles. The highest BCUT2D eigenvalue weighted by molar-refractivity contribution is 6.30. The van der Waals surface area contributed by atoms with Gasteiger partial charge in [-0.25, -0.2) is 0 Å². The van der Waals surface area contributed by atoms with Gasteiger partial charge in [-0.2, -0.15) is 13.2 Å². The van der Waals surface area contributed by atoms with E-state index in [9.17, 15) is 13.2 Å². The monoisotopic (exact) mass is 251 g/mol. The zero-order valence-corrected chi connectivity index (χ0v) is 9.57. The highest BCUT2D eigenvalue weighted by Crippen LogP contribution is 2.32. The molecule has 1 N–H and O–H groups in total. The van der Waals surface area contributed by atoms with Gasteiger partial charge in [-0.05, 0) is 30.7 Å². The van der Waals surface area contributed by atoms with Crippen LogP contribution in [0.25, 0.3) is 0 Å². The Morgan fingerprint density at radius 3 is 2.25 bits per heavy atom. The zero-order valence-electron chi connectivity index (χ0n) is 8.81. The van der Waals surface area contributed by atoms with E-state index in [0.29, 0.717) is 18.0 Å². The topological polar surface area (TPSA) is 12.0 Å². The average molecular weight is 252 g/mol. The lowest BCUT2D eigenvalue weighted by Gasteiger charge is -2.21. The van der Waals surface area contributed by atoms with Crippen molar-refractivity contribution in [1.82, 2.24) is 5.32 Å². The number of hydrogen-bond donors (Lipinski definition) is 1. The first-order valence-corrected chi connectivity index (χ1v) is 5.38. The van der Waals surface area contributed by atoms with Gasteiger partial charge in [-0.15, -0.1) is 0 Å². The molecular formula is C11H13ClF3N. The molecule has 0 saturated heterocycles. The highest BCUT2D eigenvalue weighted by atomic mass is 35.5. The first-order chi connectivity index (χ1) is 7.45. The molecule has 0 spiro atoms. The first-order valence-electron chi connectivity index (χ1n) is 5.00. The predicted octanol–water partition coefficient (Wildman–Crippen LogP) is 3.94. The van der Waals surface area contributed by atoms with E-state index in [-0.39, 0.29) is 5.56 Å². The Hall–Kier alpha value is -0.740. The van der Waals surface area contributed by atoms with Crippen molar-refractivity contribution in [2.75, 3.05) is 6.54 Å². The minimum Gasteiger partial charge on any atom is -0.302 e. The van der Waals surface area contributed by atoms with E-state index in [0.717, 1.165) is 0 Å². The Kier molecular flexibility index (Phi) is 4.62. The van der Waals surface area contributed by atoms with Crippen LogP contribution in [0.3, 0.4) is 0 Å². The number of nitrogens with one attached hydrogen (secondary N) is 1. The van der Waals surface area contributed by atoms with Crippen molar-refractivity contribution in [3.05, 3.63) is 34.9 Å². The Balaban J connectivity index is 2.88. The summed E-state index contributed by atoms with van der Waals surface area (Å²) in [4.78, 5) is 0. The summed E-state index contributed by atoms with van der Waals surface area (Å²) in [6.07, 6.45) is -3.64. The van der Waals surface area contributed by atoms with Crippen LogP contribution < -0.4 is 5.32 Å². The third kappa shape index (κ3) is 3.68. The summed E-state index contributed by atoms with van der Waals surface area (Å²) in [5.41, 5.74) is 0.186. The molecule has 0 aliphatic heterocycles. The van der Waals surface area contributed by atoms with E-state index in [1.807, 2.05) is 6.92 Å². The fraction of sp³-hybridized carbons (Fsp3) is 0.455. The number of benzene rings is 1. The maximum Gasteiger partial charge on any atom is 0.407 e. The third-order valence-electron chi connectivity index (χ3n) is 2.13. The van der Waals surface area contributed by atoms with Crippen molar-refractivity contribution in [2.24, 2.45) is 0 Å². The summed E-state index contributed by atoms with van der Waals surface area (Å²) in [6.45, 7) is 2.15. The second-order valence-corrected chi connectivity index (χ2v) is 3.92. The van der Waals surface area contributed by atoms with E-state index in [1.54, 1.807) is 0 Å². The van der Waals surface area contributed by atoms with Crippen LogP contribution in [0.15, 0.2) is 24.3 Å². The molecule has 1 atom stereocenters. The second kappa shape index (κ2) is 5.55. The SMILES string of the molecule is CCCNC(c1ccc(Cl)cc1)C(F)(F)F. The second-order valence-electron chi connectivity index (χ2n) is 3.48. The van der Waals surface area contributed by atoms with Gasteiger partial charge < -0.3 is 5.32 Å². The van der Waals surface area contributed by atoms with Crippen LogP contribution in [0.1, 0.15) is 24.9 Å². The van der Waals surface area contributed by atoms with Gasteiger partial charge >= 0.3 is 6.18 Å². The Morgan fingerprint density at radius 1 is 1.25 bits per heavy atom. The quantitative estimate of drug-likeness (QED) is 0.855. The summed E-state index contributed by atoms with van der Waals surface area (Å²) in [6, 6.07) is 4.09. The summed E-state index contributed by atoms with van der Waals surface area (Å²) in [5, 5.41) is 2.91. The number of alkyl halides is 3. The van der Waals surface area contributed by atoms with E-state index in [1.165, 1.54) is 24.3 Å². The van der Waals surface area contributed by atoms with Crippen LogP contribution in [0.2, 0.25) is 5.02 Å². The van der Waals surface area contributed by atoms with Crippen molar-refractivity contribution in [2.45, 2.75) is 25.6 Å². The van der Waals surface area contributed by atoms with Crippen molar-refractivity contribution in [3.8, 4) is 0 Å². The minimum absolute atomic E-state index is 0.186. The Labute approximate surface area is 97.6 Å². The first kappa shape index (κ1) is 13.3. The largest absolute Gasteiger partial charge is 0.407 e.